The monoisotopic (exact) mass is 251 g/mol. The molecular weight excluding hydrogens is 234 g/mol. The Morgan fingerprint density at radius 3 is 2.68 bits per heavy atom. The lowest BCUT2D eigenvalue weighted by atomic mass is 10.0. The molecule has 0 aliphatic carbocycles. The number of benzene rings is 2. The summed E-state index contributed by atoms with van der Waals surface area (Å²) in [5, 5.41) is 0. The van der Waals surface area contributed by atoms with Gasteiger partial charge in [-0.15, -0.1) is 0 Å². The molecule has 96 valence electrons. The molecule has 2 aromatic carbocycles. The van der Waals surface area contributed by atoms with E-state index >= 15 is 0 Å². The van der Waals surface area contributed by atoms with Gasteiger partial charge in [0.25, 0.3) is 0 Å². The predicted molar refractivity (Wildman–Crippen MR) is 78.3 cm³/mol. The maximum absolute atomic E-state index is 6.21. The summed E-state index contributed by atoms with van der Waals surface area (Å²) in [6.45, 7) is 2.10. The van der Waals surface area contributed by atoms with E-state index in [1.54, 1.807) is 0 Å². The maximum Gasteiger partial charge on any atom is 0.100 e. The molecular formula is C16H17N3. The number of para-hydroxylation sites is 3. The number of nitrogens with zero attached hydrogens (tertiary/aromatic N) is 2. The molecule has 0 spiro atoms. The van der Waals surface area contributed by atoms with Crippen LogP contribution in [-0.2, 0) is 0 Å². The molecule has 0 unspecified atom stereocenters. The topological polar surface area (TPSA) is 43.8 Å². The highest BCUT2D eigenvalue weighted by Crippen LogP contribution is 2.25. The van der Waals surface area contributed by atoms with Gasteiger partial charge >= 0.3 is 0 Å². The molecule has 0 radical (unpaired) electrons. The third kappa shape index (κ3) is 2.02. The van der Waals surface area contributed by atoms with Crippen LogP contribution in [-0.4, -0.2) is 9.55 Å². The first kappa shape index (κ1) is 11.9. The minimum absolute atomic E-state index is 0.0531. The molecule has 3 heteroatoms. The molecule has 1 heterocycles. The van der Waals surface area contributed by atoms with Crippen LogP contribution in [0.15, 0.2) is 54.9 Å². The van der Waals surface area contributed by atoms with Crippen molar-refractivity contribution < 1.29 is 0 Å². The molecule has 0 aliphatic heterocycles. The van der Waals surface area contributed by atoms with E-state index in [9.17, 15) is 0 Å². The summed E-state index contributed by atoms with van der Waals surface area (Å²) in [5.74, 6) is 0. The number of aromatic nitrogens is 2. The van der Waals surface area contributed by atoms with Gasteiger partial charge < -0.3 is 5.73 Å². The lowest BCUT2D eigenvalue weighted by Crippen LogP contribution is -2.12. The van der Waals surface area contributed by atoms with Gasteiger partial charge in [-0.1, -0.05) is 37.3 Å². The zero-order valence-electron chi connectivity index (χ0n) is 11.0. The molecule has 0 saturated carbocycles. The third-order valence-electron chi connectivity index (χ3n) is 3.49. The van der Waals surface area contributed by atoms with Gasteiger partial charge in [-0.3, -0.25) is 4.57 Å². The van der Waals surface area contributed by atoms with Crippen LogP contribution >= 0.6 is 0 Å². The molecule has 3 nitrogen and oxygen atoms in total. The van der Waals surface area contributed by atoms with E-state index in [4.69, 9.17) is 5.73 Å². The molecule has 1 aromatic heterocycles. The van der Waals surface area contributed by atoms with Crippen molar-refractivity contribution in [3.63, 3.8) is 0 Å². The predicted octanol–water partition coefficient (Wildman–Crippen LogP) is 3.44. The van der Waals surface area contributed by atoms with E-state index < -0.39 is 0 Å². The van der Waals surface area contributed by atoms with Gasteiger partial charge in [-0.2, -0.15) is 0 Å². The van der Waals surface area contributed by atoms with Gasteiger partial charge in [0, 0.05) is 6.04 Å². The van der Waals surface area contributed by atoms with Crippen LogP contribution in [0, 0.1) is 0 Å². The van der Waals surface area contributed by atoms with Crippen molar-refractivity contribution in [2.24, 2.45) is 5.73 Å². The Morgan fingerprint density at radius 1 is 1.11 bits per heavy atom. The number of fused-ring (bicyclic) bond motifs is 1. The summed E-state index contributed by atoms with van der Waals surface area (Å²) in [7, 11) is 0. The maximum atomic E-state index is 6.21. The van der Waals surface area contributed by atoms with Crippen LogP contribution in [0.2, 0.25) is 0 Å². The highest BCUT2D eigenvalue weighted by atomic mass is 15.1. The Morgan fingerprint density at radius 2 is 1.84 bits per heavy atom. The van der Waals surface area contributed by atoms with Gasteiger partial charge in [0.1, 0.15) is 6.33 Å². The quantitative estimate of drug-likeness (QED) is 0.775. The number of hydrogen-bond acceptors (Lipinski definition) is 2. The molecule has 2 N–H and O–H groups in total. The van der Waals surface area contributed by atoms with Crippen molar-refractivity contribution in [2.75, 3.05) is 0 Å². The molecule has 0 fully saturated rings. The minimum Gasteiger partial charge on any atom is -0.324 e. The van der Waals surface area contributed by atoms with E-state index in [0.29, 0.717) is 0 Å². The van der Waals surface area contributed by atoms with Crippen molar-refractivity contribution >= 4 is 11.0 Å². The molecule has 0 aliphatic rings. The number of nitrogens with two attached hydrogens (primary N) is 1. The van der Waals surface area contributed by atoms with Crippen LogP contribution in [0.4, 0.5) is 0 Å². The minimum atomic E-state index is 0.0531. The zero-order chi connectivity index (χ0) is 13.2. The van der Waals surface area contributed by atoms with Gasteiger partial charge in [-0.05, 0) is 30.2 Å². The second-order valence-electron chi connectivity index (χ2n) is 4.68. The van der Waals surface area contributed by atoms with Gasteiger partial charge in [0.15, 0.2) is 0 Å². The third-order valence-corrected chi connectivity index (χ3v) is 3.49. The van der Waals surface area contributed by atoms with Crippen LogP contribution in [0.5, 0.6) is 0 Å². The van der Waals surface area contributed by atoms with Crippen LogP contribution in [0.1, 0.15) is 24.9 Å². The van der Waals surface area contributed by atoms with Gasteiger partial charge in [-0.25, -0.2) is 4.98 Å². The Kier molecular flexibility index (Phi) is 3.05. The average molecular weight is 251 g/mol. The fourth-order valence-electron chi connectivity index (χ4n) is 2.39. The highest BCUT2D eigenvalue weighted by molar-refractivity contribution is 5.77. The fraction of sp³-hybridized carbons (Fsp3) is 0.188. The fourth-order valence-corrected chi connectivity index (χ4v) is 2.39. The normalized spacial score (nSPS) is 12.7. The molecule has 3 aromatic rings. The lowest BCUT2D eigenvalue weighted by Gasteiger charge is -2.15. The van der Waals surface area contributed by atoms with Crippen LogP contribution < -0.4 is 5.73 Å². The first-order valence-electron chi connectivity index (χ1n) is 6.58. The standard InChI is InChI=1S/C16H17N3/c1-2-13(17)12-7-3-5-9-15(12)19-11-18-14-8-4-6-10-16(14)19/h3-11,13H,2,17H2,1H3/t13-/m0/s1. The summed E-state index contributed by atoms with van der Waals surface area (Å²) >= 11 is 0. The summed E-state index contributed by atoms with van der Waals surface area (Å²) in [6.07, 6.45) is 2.79. The number of imidazole rings is 1. The van der Waals surface area contributed by atoms with Crippen LogP contribution in [0.3, 0.4) is 0 Å². The van der Waals surface area contributed by atoms with Crippen molar-refractivity contribution in [3.05, 3.63) is 60.4 Å². The Hall–Kier alpha value is -2.13. The summed E-state index contributed by atoms with van der Waals surface area (Å²) in [4.78, 5) is 4.44. The Labute approximate surface area is 112 Å². The van der Waals surface area contributed by atoms with E-state index in [1.165, 1.54) is 0 Å². The van der Waals surface area contributed by atoms with Crippen molar-refractivity contribution in [2.45, 2.75) is 19.4 Å². The SMILES string of the molecule is CC[C@H](N)c1ccccc1-n1cnc2ccccc21. The van der Waals surface area contributed by atoms with Gasteiger partial charge in [0.05, 0.1) is 16.7 Å². The largest absolute Gasteiger partial charge is 0.324 e. The first-order chi connectivity index (χ1) is 9.31. The highest BCUT2D eigenvalue weighted by Gasteiger charge is 2.12. The van der Waals surface area contributed by atoms with Crippen LogP contribution in [0.25, 0.3) is 16.7 Å². The first-order valence-corrected chi connectivity index (χ1v) is 6.58. The number of rotatable bonds is 3. The van der Waals surface area contributed by atoms with E-state index in [0.717, 1.165) is 28.7 Å². The van der Waals surface area contributed by atoms with Gasteiger partial charge in [0.2, 0.25) is 0 Å². The van der Waals surface area contributed by atoms with Crippen molar-refractivity contribution in [1.29, 1.82) is 0 Å². The Balaban J connectivity index is 2.22. The number of hydrogen-bond donors (Lipinski definition) is 1. The van der Waals surface area contributed by atoms with Crippen molar-refractivity contribution in [3.8, 4) is 5.69 Å². The summed E-state index contributed by atoms with van der Waals surface area (Å²) in [6, 6.07) is 16.5. The molecule has 0 amide bonds. The molecule has 0 bridgehead atoms. The average Bonchev–Trinajstić information content (AvgIpc) is 2.90. The summed E-state index contributed by atoms with van der Waals surface area (Å²) < 4.78 is 2.11. The van der Waals surface area contributed by atoms with E-state index in [-0.39, 0.29) is 6.04 Å². The zero-order valence-corrected chi connectivity index (χ0v) is 11.0. The molecule has 19 heavy (non-hydrogen) atoms. The second-order valence-corrected chi connectivity index (χ2v) is 4.68. The van der Waals surface area contributed by atoms with Crippen molar-refractivity contribution in [1.82, 2.24) is 9.55 Å². The second kappa shape index (κ2) is 4.86. The molecule has 3 rings (SSSR count). The van der Waals surface area contributed by atoms with E-state index in [1.807, 2.05) is 36.7 Å². The molecule has 0 saturated heterocycles. The molecule has 1 atom stereocenters. The Bertz CT molecular complexity index is 700. The smallest absolute Gasteiger partial charge is 0.100 e. The summed E-state index contributed by atoms with van der Waals surface area (Å²) in [5.41, 5.74) is 10.6. The lowest BCUT2D eigenvalue weighted by molar-refractivity contribution is 0.693. The van der Waals surface area contributed by atoms with E-state index in [2.05, 4.69) is 34.7 Å².